The lowest BCUT2D eigenvalue weighted by Crippen LogP contribution is -2.29. The molecule has 0 heterocycles. The van der Waals surface area contributed by atoms with Gasteiger partial charge in [0, 0.05) is 36.5 Å². The molecule has 11 heteroatoms. The number of hydrogen-bond donors (Lipinski definition) is 3. The van der Waals surface area contributed by atoms with E-state index in [4.69, 9.17) is 11.6 Å². The molecule has 0 atom stereocenters. The highest BCUT2D eigenvalue weighted by atomic mass is 35.5. The Morgan fingerprint density at radius 1 is 0.971 bits per heavy atom. The molecule has 0 spiro atoms. The summed E-state index contributed by atoms with van der Waals surface area (Å²) in [4.78, 5) is 24.9. The maximum Gasteiger partial charge on any atom is 0.271 e. The van der Waals surface area contributed by atoms with Crippen LogP contribution in [0.25, 0.3) is 0 Å². The van der Waals surface area contributed by atoms with Crippen molar-refractivity contribution in [3.05, 3.63) is 87.4 Å². The summed E-state index contributed by atoms with van der Waals surface area (Å²) < 4.78 is 0. The minimum absolute atomic E-state index is 0.0570. The highest BCUT2D eigenvalue weighted by molar-refractivity contribution is 6.33. The van der Waals surface area contributed by atoms with Gasteiger partial charge in [-0.3, -0.25) is 14.9 Å². The van der Waals surface area contributed by atoms with Crippen LogP contribution in [0.5, 0.6) is 0 Å². The van der Waals surface area contributed by atoms with Gasteiger partial charge in [0.1, 0.15) is 11.4 Å². The third-order valence-electron chi connectivity index (χ3n) is 4.78. The van der Waals surface area contributed by atoms with E-state index in [1.165, 1.54) is 18.2 Å². The number of carbonyl (C=O) groups excluding carboxylic acids is 1. The summed E-state index contributed by atoms with van der Waals surface area (Å²) >= 11 is 6.10. The number of halogens is 1. The van der Waals surface area contributed by atoms with Crippen molar-refractivity contribution in [2.24, 2.45) is 10.2 Å². The fourth-order valence-corrected chi connectivity index (χ4v) is 3.31. The quantitative estimate of drug-likeness (QED) is 0.217. The number of aliphatic hydroxyl groups is 2. The van der Waals surface area contributed by atoms with E-state index in [0.717, 1.165) is 0 Å². The Hall–Kier alpha value is -3.86. The van der Waals surface area contributed by atoms with Crippen LogP contribution in [0.4, 0.5) is 28.4 Å². The molecule has 34 heavy (non-hydrogen) atoms. The van der Waals surface area contributed by atoms with Crippen LogP contribution in [0, 0.1) is 10.1 Å². The van der Waals surface area contributed by atoms with Gasteiger partial charge < -0.3 is 20.4 Å². The lowest BCUT2D eigenvalue weighted by molar-refractivity contribution is -0.384. The fraction of sp³-hybridized carbons (Fsp3) is 0.174. The molecule has 0 radical (unpaired) electrons. The van der Waals surface area contributed by atoms with Crippen LogP contribution in [0.15, 0.2) is 77.0 Å². The number of nitro groups is 1. The normalized spacial score (nSPS) is 10.9. The van der Waals surface area contributed by atoms with Crippen molar-refractivity contribution in [2.45, 2.75) is 0 Å². The van der Waals surface area contributed by atoms with Crippen LogP contribution in [-0.4, -0.2) is 47.3 Å². The predicted molar refractivity (Wildman–Crippen MR) is 130 cm³/mol. The van der Waals surface area contributed by atoms with Gasteiger partial charge >= 0.3 is 0 Å². The van der Waals surface area contributed by atoms with Gasteiger partial charge in [-0.25, -0.2) is 0 Å². The zero-order chi connectivity index (χ0) is 24.5. The molecular weight excluding hydrogens is 462 g/mol. The number of non-ortho nitro benzene ring substituents is 1. The Balaban J connectivity index is 1.97. The molecule has 0 aliphatic heterocycles. The molecule has 0 fully saturated rings. The van der Waals surface area contributed by atoms with Crippen molar-refractivity contribution in [2.75, 3.05) is 36.5 Å². The van der Waals surface area contributed by atoms with Gasteiger partial charge in [-0.2, -0.15) is 0 Å². The Kier molecular flexibility index (Phi) is 8.63. The van der Waals surface area contributed by atoms with Crippen LogP contribution in [0.3, 0.4) is 0 Å². The number of amides is 1. The van der Waals surface area contributed by atoms with E-state index in [1.807, 2.05) is 0 Å². The number of aliphatic hydroxyl groups excluding tert-OH is 2. The lowest BCUT2D eigenvalue weighted by atomic mass is 10.2. The standard InChI is InChI=1S/C23H22ClN5O5/c24-19-14-18(29(33)34)7-8-20(19)26-27-21-9-6-17(28(10-12-30)11-13-31)15-22(21)25-23(32)16-4-2-1-3-5-16/h1-9,14-15,30-31H,10-13H2,(H,25,32). The van der Waals surface area contributed by atoms with Gasteiger partial charge in [-0.05, 0) is 36.4 Å². The van der Waals surface area contributed by atoms with Crippen LogP contribution in [0.1, 0.15) is 10.4 Å². The largest absolute Gasteiger partial charge is 0.395 e. The second kappa shape index (κ2) is 11.8. The first-order valence-electron chi connectivity index (χ1n) is 10.3. The summed E-state index contributed by atoms with van der Waals surface area (Å²) in [7, 11) is 0. The van der Waals surface area contributed by atoms with Crippen molar-refractivity contribution in [1.82, 2.24) is 0 Å². The predicted octanol–water partition coefficient (Wildman–Crippen LogP) is 4.71. The molecule has 3 aromatic rings. The van der Waals surface area contributed by atoms with E-state index in [1.54, 1.807) is 53.4 Å². The molecule has 1 amide bonds. The molecule has 3 rings (SSSR count). The number of benzene rings is 3. The van der Waals surface area contributed by atoms with Gasteiger partial charge in [0.15, 0.2) is 0 Å². The van der Waals surface area contributed by atoms with E-state index >= 15 is 0 Å². The Morgan fingerprint density at radius 3 is 2.24 bits per heavy atom. The molecule has 0 saturated carbocycles. The molecule has 0 aliphatic carbocycles. The van der Waals surface area contributed by atoms with E-state index in [0.29, 0.717) is 22.6 Å². The number of nitrogens with one attached hydrogen (secondary N) is 1. The van der Waals surface area contributed by atoms with E-state index in [-0.39, 0.29) is 48.6 Å². The summed E-state index contributed by atoms with van der Waals surface area (Å²) in [6, 6.07) is 17.5. The summed E-state index contributed by atoms with van der Waals surface area (Å²) in [5.74, 6) is -0.363. The maximum absolute atomic E-state index is 12.8. The first-order chi connectivity index (χ1) is 16.4. The van der Waals surface area contributed by atoms with Crippen LogP contribution >= 0.6 is 11.6 Å². The topological polar surface area (TPSA) is 141 Å². The number of carbonyl (C=O) groups is 1. The second-order valence-corrected chi connectivity index (χ2v) is 7.46. The molecule has 10 nitrogen and oxygen atoms in total. The molecular formula is C23H22ClN5O5. The molecule has 3 N–H and O–H groups in total. The monoisotopic (exact) mass is 483 g/mol. The van der Waals surface area contributed by atoms with Crippen LogP contribution in [0.2, 0.25) is 5.02 Å². The first-order valence-corrected chi connectivity index (χ1v) is 10.6. The van der Waals surface area contributed by atoms with Gasteiger partial charge in [-0.15, -0.1) is 10.2 Å². The summed E-state index contributed by atoms with van der Waals surface area (Å²) in [5, 5.41) is 40.8. The number of anilines is 2. The van der Waals surface area contributed by atoms with Crippen molar-refractivity contribution >= 4 is 45.9 Å². The number of rotatable bonds is 10. The van der Waals surface area contributed by atoms with E-state index in [2.05, 4.69) is 15.5 Å². The molecule has 0 aliphatic rings. The highest BCUT2D eigenvalue weighted by Crippen LogP contribution is 2.34. The second-order valence-electron chi connectivity index (χ2n) is 7.05. The van der Waals surface area contributed by atoms with E-state index < -0.39 is 4.92 Å². The van der Waals surface area contributed by atoms with Gasteiger partial charge in [0.05, 0.1) is 28.8 Å². The van der Waals surface area contributed by atoms with Crippen molar-refractivity contribution in [1.29, 1.82) is 0 Å². The minimum Gasteiger partial charge on any atom is -0.395 e. The van der Waals surface area contributed by atoms with Crippen molar-refractivity contribution in [3.8, 4) is 0 Å². The van der Waals surface area contributed by atoms with Crippen LogP contribution in [-0.2, 0) is 0 Å². The number of nitrogens with zero attached hydrogens (tertiary/aromatic N) is 4. The summed E-state index contributed by atoms with van der Waals surface area (Å²) in [5.41, 5.74) is 1.80. The average molecular weight is 484 g/mol. The first kappa shape index (κ1) is 24.8. The van der Waals surface area contributed by atoms with E-state index in [9.17, 15) is 25.1 Å². The molecule has 0 bridgehead atoms. The van der Waals surface area contributed by atoms with Crippen molar-refractivity contribution < 1.29 is 19.9 Å². The smallest absolute Gasteiger partial charge is 0.271 e. The molecule has 3 aromatic carbocycles. The maximum atomic E-state index is 12.8. The third-order valence-corrected chi connectivity index (χ3v) is 5.08. The molecule has 0 unspecified atom stereocenters. The van der Waals surface area contributed by atoms with Gasteiger partial charge in [0.2, 0.25) is 0 Å². The zero-order valence-corrected chi connectivity index (χ0v) is 18.7. The average Bonchev–Trinajstić information content (AvgIpc) is 2.84. The SMILES string of the molecule is O=C(Nc1cc(N(CCO)CCO)ccc1N=Nc1ccc([N+](=O)[O-])cc1Cl)c1ccccc1. The number of nitro benzene ring substituents is 1. The Labute approximate surface area is 200 Å². The Bertz CT molecular complexity index is 1180. The molecule has 176 valence electrons. The number of hydrogen-bond acceptors (Lipinski definition) is 8. The molecule has 0 aromatic heterocycles. The highest BCUT2D eigenvalue weighted by Gasteiger charge is 2.14. The van der Waals surface area contributed by atoms with Crippen LogP contribution < -0.4 is 10.2 Å². The minimum atomic E-state index is -0.562. The zero-order valence-electron chi connectivity index (χ0n) is 18.0. The van der Waals surface area contributed by atoms with Gasteiger partial charge in [-0.1, -0.05) is 29.8 Å². The van der Waals surface area contributed by atoms with Crippen molar-refractivity contribution in [3.63, 3.8) is 0 Å². The van der Waals surface area contributed by atoms with Gasteiger partial charge in [0.25, 0.3) is 11.6 Å². The lowest BCUT2D eigenvalue weighted by Gasteiger charge is -2.24. The summed E-state index contributed by atoms with van der Waals surface area (Å²) in [6.45, 7) is 0.329. The molecule has 0 saturated heterocycles. The Morgan fingerprint density at radius 2 is 1.62 bits per heavy atom. The fourth-order valence-electron chi connectivity index (χ4n) is 3.10. The number of azo groups is 1. The third kappa shape index (κ3) is 6.35. The summed E-state index contributed by atoms with van der Waals surface area (Å²) in [6.07, 6.45) is 0.